The number of fused-ring (bicyclic) bond motifs is 1. The number of nitrogens with one attached hydrogen (secondary N) is 1. The molecular formula is C22H22BrF3N4O4S. The molecule has 35 heavy (non-hydrogen) atoms. The highest BCUT2D eigenvalue weighted by atomic mass is 79.9. The van der Waals surface area contributed by atoms with Crippen LogP contribution in [0.25, 0.3) is 0 Å². The van der Waals surface area contributed by atoms with Gasteiger partial charge in [0.25, 0.3) is 10.0 Å². The van der Waals surface area contributed by atoms with E-state index >= 15 is 0 Å². The number of nitrogens with zero attached hydrogens (tertiary/aromatic N) is 3. The number of aryl methyl sites for hydroxylation is 1. The standard InChI is InChI=1S/C22H22BrF3N4O4S/c1-13(16-4-6-19(27-10-16)33-12-22(24,25)26)30-8-7-15-3-5-18(9-17(15)11-30)35(31,32)29-21-20(23)14(2)34-28-21/h3-6,9-10,13H,7-8,11-12H2,1-2H3,(H,28,29)/t13-/m1/s1. The third-order valence-corrected chi connectivity index (χ3v) is 8.00. The number of hydrogen-bond acceptors (Lipinski definition) is 7. The lowest BCUT2D eigenvalue weighted by atomic mass is 9.97. The number of pyridine rings is 1. The number of halogens is 4. The molecular weight excluding hydrogens is 553 g/mol. The zero-order valence-electron chi connectivity index (χ0n) is 18.8. The van der Waals surface area contributed by atoms with Gasteiger partial charge in [-0.25, -0.2) is 13.4 Å². The van der Waals surface area contributed by atoms with E-state index in [0.29, 0.717) is 16.8 Å². The van der Waals surface area contributed by atoms with Crippen LogP contribution in [0, 0.1) is 6.92 Å². The van der Waals surface area contributed by atoms with E-state index in [1.54, 1.807) is 25.1 Å². The summed E-state index contributed by atoms with van der Waals surface area (Å²) in [6.45, 7) is 3.45. The molecule has 0 amide bonds. The molecule has 4 rings (SSSR count). The van der Waals surface area contributed by atoms with E-state index in [0.717, 1.165) is 29.7 Å². The molecule has 2 aromatic heterocycles. The van der Waals surface area contributed by atoms with E-state index in [1.165, 1.54) is 12.3 Å². The number of alkyl halides is 3. The van der Waals surface area contributed by atoms with Crippen molar-refractivity contribution in [1.82, 2.24) is 15.0 Å². The van der Waals surface area contributed by atoms with Crippen LogP contribution in [0.5, 0.6) is 5.88 Å². The Kier molecular flexibility index (Phi) is 7.11. The van der Waals surface area contributed by atoms with E-state index in [-0.39, 0.29) is 22.6 Å². The molecule has 1 atom stereocenters. The van der Waals surface area contributed by atoms with Gasteiger partial charge in [-0.15, -0.1) is 0 Å². The molecule has 1 aliphatic heterocycles. The quantitative estimate of drug-likeness (QED) is 0.424. The summed E-state index contributed by atoms with van der Waals surface area (Å²) in [5, 5.41) is 3.72. The minimum atomic E-state index is -4.43. The van der Waals surface area contributed by atoms with Crippen LogP contribution in [0.2, 0.25) is 0 Å². The van der Waals surface area contributed by atoms with Crippen LogP contribution >= 0.6 is 15.9 Å². The fourth-order valence-electron chi connectivity index (χ4n) is 3.75. The van der Waals surface area contributed by atoms with Gasteiger partial charge in [0.05, 0.1) is 4.90 Å². The average molecular weight is 575 g/mol. The summed E-state index contributed by atoms with van der Waals surface area (Å²) in [7, 11) is -3.89. The summed E-state index contributed by atoms with van der Waals surface area (Å²) < 4.78 is 75.4. The Hall–Kier alpha value is -2.64. The van der Waals surface area contributed by atoms with Crippen LogP contribution in [0.4, 0.5) is 19.0 Å². The lowest BCUT2D eigenvalue weighted by molar-refractivity contribution is -0.154. The van der Waals surface area contributed by atoms with Crippen molar-refractivity contribution >= 4 is 31.8 Å². The first kappa shape index (κ1) is 25.5. The molecule has 1 aromatic carbocycles. The number of ether oxygens (including phenoxy) is 1. The molecule has 0 saturated heterocycles. The van der Waals surface area contributed by atoms with Crippen LogP contribution in [-0.4, -0.2) is 42.8 Å². The Balaban J connectivity index is 1.47. The number of benzene rings is 1. The summed E-state index contributed by atoms with van der Waals surface area (Å²) in [6.07, 6.45) is -2.21. The number of anilines is 1. The zero-order valence-corrected chi connectivity index (χ0v) is 21.2. The van der Waals surface area contributed by atoms with Gasteiger partial charge in [-0.05, 0) is 65.0 Å². The average Bonchev–Trinajstić information content (AvgIpc) is 3.13. The Morgan fingerprint density at radius 2 is 2.03 bits per heavy atom. The maximum Gasteiger partial charge on any atom is 0.422 e. The van der Waals surface area contributed by atoms with Crippen molar-refractivity contribution in [3.63, 3.8) is 0 Å². The van der Waals surface area contributed by atoms with Crippen molar-refractivity contribution in [3.8, 4) is 5.88 Å². The second kappa shape index (κ2) is 9.78. The lowest BCUT2D eigenvalue weighted by Gasteiger charge is -2.34. The molecule has 0 unspecified atom stereocenters. The van der Waals surface area contributed by atoms with Crippen molar-refractivity contribution in [3.05, 3.63) is 63.5 Å². The molecule has 3 heterocycles. The molecule has 0 radical (unpaired) electrons. The summed E-state index contributed by atoms with van der Waals surface area (Å²) in [5.74, 6) is 0.427. The first-order valence-electron chi connectivity index (χ1n) is 10.6. The number of rotatable bonds is 7. The number of hydrogen-bond donors (Lipinski definition) is 1. The largest absolute Gasteiger partial charge is 0.468 e. The van der Waals surface area contributed by atoms with Crippen LogP contribution in [-0.2, 0) is 23.0 Å². The fraction of sp³-hybridized carbons (Fsp3) is 0.364. The highest BCUT2D eigenvalue weighted by Crippen LogP contribution is 2.31. The van der Waals surface area contributed by atoms with Crippen molar-refractivity contribution in [2.24, 2.45) is 0 Å². The lowest BCUT2D eigenvalue weighted by Crippen LogP contribution is -2.33. The van der Waals surface area contributed by atoms with Gasteiger partial charge in [0.1, 0.15) is 10.2 Å². The van der Waals surface area contributed by atoms with Crippen LogP contribution in [0.15, 0.2) is 50.4 Å². The minimum absolute atomic E-state index is 0.0747. The maximum absolute atomic E-state index is 12.9. The van der Waals surface area contributed by atoms with Crippen LogP contribution in [0.3, 0.4) is 0 Å². The molecule has 8 nitrogen and oxygen atoms in total. The first-order chi connectivity index (χ1) is 16.4. The van der Waals surface area contributed by atoms with E-state index in [1.807, 2.05) is 13.0 Å². The smallest absolute Gasteiger partial charge is 0.422 e. The summed E-state index contributed by atoms with van der Waals surface area (Å²) in [5.41, 5.74) is 2.74. The molecule has 0 bridgehead atoms. The molecule has 0 fully saturated rings. The summed E-state index contributed by atoms with van der Waals surface area (Å²) in [6, 6.07) is 8.01. The molecule has 1 N–H and O–H groups in total. The van der Waals surface area contributed by atoms with Crippen molar-refractivity contribution < 1.29 is 30.8 Å². The predicted octanol–water partition coefficient (Wildman–Crippen LogP) is 5.00. The molecule has 1 aliphatic rings. The molecule has 13 heteroatoms. The van der Waals surface area contributed by atoms with Gasteiger partial charge in [-0.3, -0.25) is 9.62 Å². The maximum atomic E-state index is 12.9. The molecule has 0 aliphatic carbocycles. The Morgan fingerprint density at radius 1 is 1.26 bits per heavy atom. The second-order valence-electron chi connectivity index (χ2n) is 8.17. The van der Waals surface area contributed by atoms with Gasteiger partial charge in [-0.1, -0.05) is 17.3 Å². The molecule has 0 saturated carbocycles. The molecule has 3 aromatic rings. The Bertz CT molecular complexity index is 1310. The SMILES string of the molecule is Cc1onc(NS(=O)(=O)c2ccc3c(c2)CN([C@H](C)c2ccc(OCC(F)(F)F)nc2)CC3)c1Br. The first-order valence-corrected chi connectivity index (χ1v) is 12.9. The Labute approximate surface area is 208 Å². The van der Waals surface area contributed by atoms with Crippen LogP contribution < -0.4 is 9.46 Å². The third kappa shape index (κ3) is 5.96. The minimum Gasteiger partial charge on any atom is -0.468 e. The Morgan fingerprint density at radius 3 is 2.66 bits per heavy atom. The second-order valence-corrected chi connectivity index (χ2v) is 10.6. The van der Waals surface area contributed by atoms with Gasteiger partial charge >= 0.3 is 6.18 Å². The van der Waals surface area contributed by atoms with Gasteiger partial charge in [-0.2, -0.15) is 13.2 Å². The van der Waals surface area contributed by atoms with Crippen molar-refractivity contribution in [2.75, 3.05) is 17.9 Å². The number of sulfonamides is 1. The fourth-order valence-corrected chi connectivity index (χ4v) is 5.19. The van der Waals surface area contributed by atoms with Crippen molar-refractivity contribution in [1.29, 1.82) is 0 Å². The number of aromatic nitrogens is 2. The topological polar surface area (TPSA) is 97.6 Å². The van der Waals surface area contributed by atoms with Crippen molar-refractivity contribution in [2.45, 2.75) is 43.9 Å². The summed E-state index contributed by atoms with van der Waals surface area (Å²) >= 11 is 3.25. The van der Waals surface area contributed by atoms with Crippen LogP contribution in [0.1, 0.15) is 35.4 Å². The van der Waals surface area contributed by atoms with Gasteiger partial charge < -0.3 is 9.26 Å². The zero-order chi connectivity index (χ0) is 25.4. The van der Waals surface area contributed by atoms with Gasteiger partial charge in [0.2, 0.25) is 5.88 Å². The normalized spacial score (nSPS) is 15.5. The molecule has 188 valence electrons. The predicted molar refractivity (Wildman–Crippen MR) is 125 cm³/mol. The van der Waals surface area contributed by atoms with E-state index < -0.39 is 22.8 Å². The van der Waals surface area contributed by atoms with E-state index in [4.69, 9.17) is 4.52 Å². The molecule has 0 spiro atoms. The highest BCUT2D eigenvalue weighted by molar-refractivity contribution is 9.10. The monoisotopic (exact) mass is 574 g/mol. The van der Waals surface area contributed by atoms with E-state index in [9.17, 15) is 21.6 Å². The summed E-state index contributed by atoms with van der Waals surface area (Å²) in [4.78, 5) is 6.24. The third-order valence-electron chi connectivity index (χ3n) is 5.72. The van der Waals surface area contributed by atoms with Gasteiger partial charge in [0, 0.05) is 31.4 Å². The van der Waals surface area contributed by atoms with Gasteiger partial charge in [0.15, 0.2) is 12.4 Å². The highest BCUT2D eigenvalue weighted by Gasteiger charge is 2.29. The van der Waals surface area contributed by atoms with E-state index in [2.05, 4.69) is 40.4 Å².